The van der Waals surface area contributed by atoms with Gasteiger partial charge in [-0.15, -0.1) is 0 Å². The fourth-order valence-electron chi connectivity index (χ4n) is 3.52. The molecule has 2 aromatic carbocycles. The molecule has 1 aliphatic rings. The van der Waals surface area contributed by atoms with Crippen LogP contribution in [0.1, 0.15) is 25.6 Å². The summed E-state index contributed by atoms with van der Waals surface area (Å²) in [5.41, 5.74) is 1.90. The number of rotatable bonds is 3. The minimum atomic E-state index is -0.748. The summed E-state index contributed by atoms with van der Waals surface area (Å²) in [6, 6.07) is 12.5. The van der Waals surface area contributed by atoms with Crippen LogP contribution in [0.25, 0.3) is 11.3 Å². The summed E-state index contributed by atoms with van der Waals surface area (Å²) in [4.78, 5) is 30.2. The molecule has 1 aromatic heterocycles. The number of halogens is 2. The van der Waals surface area contributed by atoms with Crippen molar-refractivity contribution in [2.24, 2.45) is 0 Å². The molecule has 0 bridgehead atoms. The van der Waals surface area contributed by atoms with Gasteiger partial charge in [-0.3, -0.25) is 14.6 Å². The average molecular weight is 448 g/mol. The Labute approximate surface area is 181 Å². The predicted molar refractivity (Wildman–Crippen MR) is 115 cm³/mol. The Morgan fingerprint density at radius 3 is 2.72 bits per heavy atom. The Balaban J connectivity index is 2.11. The first-order valence-electron chi connectivity index (χ1n) is 8.96. The third-order valence-corrected chi connectivity index (χ3v) is 6.22. The maximum atomic E-state index is 13.0. The average Bonchev–Trinajstić information content (AvgIpc) is 2.69. The fraction of sp³-hybridized carbons (Fsp3) is 0.200. The van der Waals surface area contributed by atoms with Crippen molar-refractivity contribution in [3.05, 3.63) is 68.4 Å². The van der Waals surface area contributed by atoms with Crippen LogP contribution in [0.4, 0.5) is 5.69 Å². The van der Waals surface area contributed by atoms with Crippen molar-refractivity contribution in [2.75, 3.05) is 10.7 Å². The molecule has 0 aliphatic carbocycles. The summed E-state index contributed by atoms with van der Waals surface area (Å²) in [7, 11) is 0. The highest BCUT2D eigenvalue weighted by Crippen LogP contribution is 2.40. The van der Waals surface area contributed by atoms with Crippen molar-refractivity contribution in [1.82, 2.24) is 10.1 Å². The van der Waals surface area contributed by atoms with Gasteiger partial charge in [0, 0.05) is 12.0 Å². The number of aromatic amines is 1. The molecule has 6 nitrogen and oxygen atoms in total. The topological polar surface area (TPSA) is 69.9 Å². The number of benzene rings is 2. The summed E-state index contributed by atoms with van der Waals surface area (Å²) >= 11 is 14.2. The number of fused-ring (bicyclic) bond motifs is 3. The van der Waals surface area contributed by atoms with Gasteiger partial charge in [0.05, 0.1) is 26.9 Å². The molecule has 29 heavy (non-hydrogen) atoms. The predicted octanol–water partition coefficient (Wildman–Crippen LogP) is 4.06. The maximum Gasteiger partial charge on any atom is 0.325 e. The smallest absolute Gasteiger partial charge is 0.291 e. The zero-order valence-corrected chi connectivity index (χ0v) is 18.0. The van der Waals surface area contributed by atoms with Crippen molar-refractivity contribution >= 4 is 46.6 Å². The Morgan fingerprint density at radius 1 is 1.24 bits per heavy atom. The van der Waals surface area contributed by atoms with Gasteiger partial charge in [0.2, 0.25) is 11.1 Å². The molecular weight excluding hydrogens is 431 g/mol. The summed E-state index contributed by atoms with van der Waals surface area (Å²) < 4.78 is 1.57. The van der Waals surface area contributed by atoms with Crippen LogP contribution < -0.4 is 15.1 Å². The van der Waals surface area contributed by atoms with Gasteiger partial charge in [-0.1, -0.05) is 60.1 Å². The SMILES string of the molecule is CCSc1n[n+]2c(c(=O)[nH]1)-c1ccccc1N(C(C)=O)[C@@H]2c1cccc(Cl)c1Cl. The normalized spacial score (nSPS) is 15.0. The second-order valence-corrected chi connectivity index (χ2v) is 8.45. The highest BCUT2D eigenvalue weighted by atomic mass is 35.5. The summed E-state index contributed by atoms with van der Waals surface area (Å²) in [6.07, 6.45) is -0.748. The molecule has 0 fully saturated rings. The number of amides is 1. The zero-order chi connectivity index (χ0) is 20.7. The number of hydrogen-bond donors (Lipinski definition) is 1. The van der Waals surface area contributed by atoms with E-state index in [0.717, 1.165) is 5.75 Å². The lowest BCUT2D eigenvalue weighted by molar-refractivity contribution is -0.763. The Bertz CT molecular complexity index is 1180. The lowest BCUT2D eigenvalue weighted by Gasteiger charge is -2.31. The molecule has 1 amide bonds. The van der Waals surface area contributed by atoms with Gasteiger partial charge in [0.1, 0.15) is 0 Å². The number of carbonyl (C=O) groups is 1. The van der Waals surface area contributed by atoms with Gasteiger partial charge in [0.25, 0.3) is 6.17 Å². The van der Waals surface area contributed by atoms with Crippen LogP contribution in [0.2, 0.25) is 10.0 Å². The highest BCUT2D eigenvalue weighted by Gasteiger charge is 2.45. The number of hydrogen-bond acceptors (Lipinski definition) is 4. The number of nitrogens with one attached hydrogen (secondary N) is 1. The fourth-order valence-corrected chi connectivity index (χ4v) is 4.50. The third kappa shape index (κ3) is 3.33. The monoisotopic (exact) mass is 447 g/mol. The first-order chi connectivity index (χ1) is 13.9. The van der Waals surface area contributed by atoms with Gasteiger partial charge in [0.15, 0.2) is 0 Å². The molecule has 9 heteroatoms. The minimum absolute atomic E-state index is 0.205. The highest BCUT2D eigenvalue weighted by molar-refractivity contribution is 7.99. The second-order valence-electron chi connectivity index (χ2n) is 6.41. The molecule has 0 spiro atoms. The number of thioether (sulfide) groups is 1. The Hall–Kier alpha value is -2.35. The van der Waals surface area contributed by atoms with Crippen LogP contribution >= 0.6 is 35.0 Å². The molecule has 148 valence electrons. The van der Waals surface area contributed by atoms with Crippen LogP contribution in [-0.2, 0) is 4.79 Å². The lowest BCUT2D eigenvalue weighted by atomic mass is 10.0. The van der Waals surface area contributed by atoms with Crippen LogP contribution in [0.15, 0.2) is 52.4 Å². The molecule has 3 aromatic rings. The van der Waals surface area contributed by atoms with Crippen molar-refractivity contribution in [2.45, 2.75) is 25.2 Å². The van der Waals surface area contributed by atoms with Gasteiger partial charge in [-0.2, -0.15) is 0 Å². The number of H-pyrrole nitrogens is 1. The standard InChI is InChI=1S/C20H16Cl2N4O2S/c1-3-29-20-23-18(28)17-12-7-4-5-10-15(12)25(11(2)27)19(26(17)24-20)13-8-6-9-14(21)16(13)22/h4-10,19H,3H2,1-2H3/p+1/t19-/m0/s1. The van der Waals surface area contributed by atoms with E-state index in [-0.39, 0.29) is 11.5 Å². The number of anilines is 1. The Kier molecular flexibility index (Phi) is 5.38. The minimum Gasteiger partial charge on any atom is -0.291 e. The molecule has 1 aliphatic heterocycles. The van der Waals surface area contributed by atoms with Crippen molar-refractivity contribution < 1.29 is 9.48 Å². The molecule has 0 saturated heterocycles. The van der Waals surface area contributed by atoms with Gasteiger partial charge in [-0.05, 0) is 34.7 Å². The largest absolute Gasteiger partial charge is 0.325 e. The molecule has 0 saturated carbocycles. The van der Waals surface area contributed by atoms with E-state index in [4.69, 9.17) is 23.2 Å². The molecule has 2 heterocycles. The quantitative estimate of drug-likeness (QED) is 0.485. The van der Waals surface area contributed by atoms with E-state index in [2.05, 4.69) is 10.1 Å². The van der Waals surface area contributed by atoms with Crippen molar-refractivity contribution in [3.63, 3.8) is 0 Å². The molecule has 1 atom stereocenters. The number of para-hydroxylation sites is 1. The summed E-state index contributed by atoms with van der Waals surface area (Å²) in [5.74, 6) is 0.529. The zero-order valence-electron chi connectivity index (χ0n) is 15.6. The van der Waals surface area contributed by atoms with E-state index >= 15 is 0 Å². The van der Waals surface area contributed by atoms with E-state index < -0.39 is 6.17 Å². The summed E-state index contributed by atoms with van der Waals surface area (Å²) in [6.45, 7) is 3.44. The maximum absolute atomic E-state index is 13.0. The van der Waals surface area contributed by atoms with Gasteiger partial charge >= 0.3 is 11.3 Å². The number of aromatic nitrogens is 3. The van der Waals surface area contributed by atoms with E-state index in [9.17, 15) is 9.59 Å². The number of carbonyl (C=O) groups excluding carboxylic acids is 1. The van der Waals surface area contributed by atoms with Crippen molar-refractivity contribution in [3.8, 4) is 11.3 Å². The van der Waals surface area contributed by atoms with E-state index in [1.165, 1.54) is 18.7 Å². The molecular formula is C20H17Cl2N4O2S+. The first kappa shape index (κ1) is 19.9. The van der Waals surface area contributed by atoms with Crippen molar-refractivity contribution in [1.29, 1.82) is 0 Å². The van der Waals surface area contributed by atoms with Crippen LogP contribution in [0, 0.1) is 0 Å². The van der Waals surface area contributed by atoms with Gasteiger partial charge < -0.3 is 0 Å². The summed E-state index contributed by atoms with van der Waals surface area (Å²) in [5, 5.41) is 5.79. The Morgan fingerprint density at radius 2 is 2.00 bits per heavy atom. The molecule has 4 rings (SSSR count). The van der Waals surface area contributed by atoms with Crippen LogP contribution in [-0.4, -0.2) is 21.7 Å². The van der Waals surface area contributed by atoms with E-state index in [0.29, 0.717) is 37.7 Å². The van der Waals surface area contributed by atoms with Crippen LogP contribution in [0.3, 0.4) is 0 Å². The first-order valence-corrected chi connectivity index (χ1v) is 10.7. The van der Waals surface area contributed by atoms with Gasteiger partial charge in [-0.25, -0.2) is 4.90 Å². The van der Waals surface area contributed by atoms with E-state index in [1.54, 1.807) is 39.9 Å². The molecule has 1 N–H and O–H groups in total. The molecule has 0 unspecified atom stereocenters. The molecule has 0 radical (unpaired) electrons. The number of nitrogens with zero attached hydrogens (tertiary/aromatic N) is 3. The second kappa shape index (κ2) is 7.82. The lowest BCUT2D eigenvalue weighted by Crippen LogP contribution is -2.60. The van der Waals surface area contributed by atoms with E-state index in [1.807, 2.05) is 19.1 Å². The third-order valence-electron chi connectivity index (χ3n) is 4.64. The van der Waals surface area contributed by atoms with Crippen LogP contribution in [0.5, 0.6) is 0 Å².